The Morgan fingerprint density at radius 1 is 1.38 bits per heavy atom. The minimum Gasteiger partial charge on any atom is -0.193 e. The lowest BCUT2D eigenvalue weighted by atomic mass is 10.0. The summed E-state index contributed by atoms with van der Waals surface area (Å²) in [6.45, 7) is 9.39. The van der Waals surface area contributed by atoms with Crippen LogP contribution >= 0.6 is 0 Å². The summed E-state index contributed by atoms with van der Waals surface area (Å²) in [6.07, 6.45) is 4.79. The molecule has 1 aromatic rings. The van der Waals surface area contributed by atoms with Gasteiger partial charge in [-0.15, -0.1) is 0 Å². The van der Waals surface area contributed by atoms with Crippen LogP contribution in [0, 0.1) is 11.3 Å². The second-order valence-corrected chi connectivity index (χ2v) is 3.41. The molecule has 84 valence electrons. The number of nitrogens with zero attached hydrogens (tertiary/aromatic N) is 1. The average Bonchev–Trinajstić information content (AvgIpc) is 2.37. The molecule has 0 aromatic heterocycles. The largest absolute Gasteiger partial charge is 0.193 e. The van der Waals surface area contributed by atoms with Gasteiger partial charge in [0, 0.05) is 6.08 Å². The molecule has 0 spiro atoms. The summed E-state index contributed by atoms with van der Waals surface area (Å²) in [7, 11) is 0. The zero-order chi connectivity index (χ0) is 12.2. The van der Waals surface area contributed by atoms with Crippen molar-refractivity contribution in [2.24, 2.45) is 0 Å². The number of hydrogen-bond donors (Lipinski definition) is 0. The first-order chi connectivity index (χ1) is 7.76. The molecule has 0 N–H and O–H groups in total. The molecule has 0 heterocycles. The third-order valence-electron chi connectivity index (χ3n) is 2.11. The summed E-state index contributed by atoms with van der Waals surface area (Å²) in [5.41, 5.74) is 2.54. The van der Waals surface area contributed by atoms with Gasteiger partial charge in [-0.25, -0.2) is 0 Å². The Morgan fingerprint density at radius 3 is 2.38 bits per heavy atom. The highest BCUT2D eigenvalue weighted by atomic mass is 14.2. The molecule has 0 unspecified atom stereocenters. The SMILES string of the molecule is C=C(CCCC)c1ccccc1.C=CC#N. The molecule has 0 aliphatic heterocycles. The first kappa shape index (κ1) is 14.2. The fraction of sp³-hybridized carbons (Fsp3) is 0.267. The van der Waals surface area contributed by atoms with Gasteiger partial charge in [0.05, 0.1) is 6.07 Å². The van der Waals surface area contributed by atoms with Crippen molar-refractivity contribution in [2.45, 2.75) is 26.2 Å². The van der Waals surface area contributed by atoms with Crippen LogP contribution in [0.4, 0.5) is 0 Å². The van der Waals surface area contributed by atoms with E-state index in [2.05, 4.69) is 44.3 Å². The Labute approximate surface area is 98.7 Å². The average molecular weight is 213 g/mol. The molecule has 1 nitrogen and oxygen atoms in total. The van der Waals surface area contributed by atoms with Crippen LogP contribution in [0.15, 0.2) is 49.6 Å². The summed E-state index contributed by atoms with van der Waals surface area (Å²) in [5, 5.41) is 7.51. The second-order valence-electron chi connectivity index (χ2n) is 3.41. The van der Waals surface area contributed by atoms with E-state index in [-0.39, 0.29) is 0 Å². The van der Waals surface area contributed by atoms with Crippen molar-refractivity contribution in [3.05, 3.63) is 55.1 Å². The maximum Gasteiger partial charge on any atom is 0.0905 e. The molecule has 0 amide bonds. The smallest absolute Gasteiger partial charge is 0.0905 e. The fourth-order valence-electron chi connectivity index (χ4n) is 1.21. The minimum absolute atomic E-state index is 1.13. The maximum atomic E-state index is 7.51. The van der Waals surface area contributed by atoms with Gasteiger partial charge in [0.1, 0.15) is 0 Å². The number of hydrogen-bond acceptors (Lipinski definition) is 1. The van der Waals surface area contributed by atoms with Gasteiger partial charge in [-0.1, -0.05) is 56.8 Å². The normalized spacial score (nSPS) is 8.25. The van der Waals surface area contributed by atoms with Crippen LogP contribution in [-0.4, -0.2) is 0 Å². The Balaban J connectivity index is 0.000000487. The summed E-state index contributed by atoms with van der Waals surface area (Å²) >= 11 is 0. The molecule has 1 rings (SSSR count). The number of unbranched alkanes of at least 4 members (excludes halogenated alkanes) is 1. The van der Waals surface area contributed by atoms with Crippen molar-refractivity contribution in [2.75, 3.05) is 0 Å². The lowest BCUT2D eigenvalue weighted by molar-refractivity contribution is 0.825. The minimum atomic E-state index is 1.13. The van der Waals surface area contributed by atoms with Gasteiger partial charge in [-0.3, -0.25) is 0 Å². The topological polar surface area (TPSA) is 23.8 Å². The van der Waals surface area contributed by atoms with E-state index in [4.69, 9.17) is 5.26 Å². The van der Waals surface area contributed by atoms with Crippen LogP contribution < -0.4 is 0 Å². The van der Waals surface area contributed by atoms with Gasteiger partial charge in [0.15, 0.2) is 0 Å². The number of nitriles is 1. The van der Waals surface area contributed by atoms with Crippen LogP contribution in [-0.2, 0) is 0 Å². The van der Waals surface area contributed by atoms with Crippen molar-refractivity contribution in [3.8, 4) is 6.07 Å². The van der Waals surface area contributed by atoms with E-state index >= 15 is 0 Å². The Kier molecular flexibility index (Phi) is 8.63. The monoisotopic (exact) mass is 213 g/mol. The molecule has 0 aliphatic rings. The third kappa shape index (κ3) is 6.62. The number of allylic oxidation sites excluding steroid dienone is 2. The number of benzene rings is 1. The van der Waals surface area contributed by atoms with Crippen LogP contribution in [0.2, 0.25) is 0 Å². The van der Waals surface area contributed by atoms with Crippen LogP contribution in [0.5, 0.6) is 0 Å². The van der Waals surface area contributed by atoms with Gasteiger partial charge in [-0.05, 0) is 24.0 Å². The van der Waals surface area contributed by atoms with Gasteiger partial charge < -0.3 is 0 Å². The molecular formula is C15H19N. The van der Waals surface area contributed by atoms with Crippen LogP contribution in [0.25, 0.3) is 5.57 Å². The summed E-state index contributed by atoms with van der Waals surface area (Å²) in [5.74, 6) is 0. The lowest BCUT2D eigenvalue weighted by Crippen LogP contribution is -1.81. The highest BCUT2D eigenvalue weighted by molar-refractivity contribution is 5.62. The molecule has 0 atom stereocenters. The zero-order valence-corrected chi connectivity index (χ0v) is 9.95. The van der Waals surface area contributed by atoms with E-state index in [9.17, 15) is 0 Å². The van der Waals surface area contributed by atoms with Gasteiger partial charge in [-0.2, -0.15) is 5.26 Å². The molecule has 0 radical (unpaired) electrons. The van der Waals surface area contributed by atoms with E-state index in [0.29, 0.717) is 0 Å². The molecule has 16 heavy (non-hydrogen) atoms. The van der Waals surface area contributed by atoms with E-state index in [0.717, 1.165) is 6.42 Å². The Hall–Kier alpha value is -1.81. The van der Waals surface area contributed by atoms with Crippen molar-refractivity contribution >= 4 is 5.57 Å². The van der Waals surface area contributed by atoms with Crippen molar-refractivity contribution in [1.29, 1.82) is 5.26 Å². The number of rotatable bonds is 4. The zero-order valence-electron chi connectivity index (χ0n) is 9.95. The molecular weight excluding hydrogens is 194 g/mol. The Morgan fingerprint density at radius 2 is 1.94 bits per heavy atom. The van der Waals surface area contributed by atoms with Crippen molar-refractivity contribution in [3.63, 3.8) is 0 Å². The second kappa shape index (κ2) is 9.73. The van der Waals surface area contributed by atoms with Gasteiger partial charge >= 0.3 is 0 Å². The highest BCUT2D eigenvalue weighted by Crippen LogP contribution is 2.17. The molecule has 0 bridgehead atoms. The standard InChI is InChI=1S/C12H16.C3H3N/c1-3-4-8-11(2)12-9-6-5-7-10-12;1-2-3-4/h5-7,9-10H,2-4,8H2,1H3;2H,1H2. The predicted molar refractivity (Wildman–Crippen MR) is 70.8 cm³/mol. The lowest BCUT2D eigenvalue weighted by Gasteiger charge is -2.03. The molecule has 1 aromatic carbocycles. The van der Waals surface area contributed by atoms with Crippen molar-refractivity contribution < 1.29 is 0 Å². The summed E-state index contributed by atoms with van der Waals surface area (Å²) in [6, 6.07) is 12.1. The van der Waals surface area contributed by atoms with E-state index < -0.39 is 0 Å². The van der Waals surface area contributed by atoms with Gasteiger partial charge in [0.25, 0.3) is 0 Å². The van der Waals surface area contributed by atoms with Crippen LogP contribution in [0.1, 0.15) is 31.7 Å². The fourth-order valence-corrected chi connectivity index (χ4v) is 1.21. The van der Waals surface area contributed by atoms with E-state index in [1.807, 2.05) is 6.07 Å². The summed E-state index contributed by atoms with van der Waals surface area (Å²) in [4.78, 5) is 0. The Bertz CT molecular complexity index is 343. The molecule has 0 fully saturated rings. The first-order valence-corrected chi connectivity index (χ1v) is 5.50. The van der Waals surface area contributed by atoms with Gasteiger partial charge in [0.2, 0.25) is 0 Å². The third-order valence-corrected chi connectivity index (χ3v) is 2.11. The quantitative estimate of drug-likeness (QED) is 0.671. The van der Waals surface area contributed by atoms with E-state index in [1.54, 1.807) is 6.07 Å². The van der Waals surface area contributed by atoms with Crippen LogP contribution in [0.3, 0.4) is 0 Å². The molecule has 0 saturated heterocycles. The predicted octanol–water partition coefficient (Wildman–Crippen LogP) is 4.59. The molecule has 0 saturated carbocycles. The van der Waals surface area contributed by atoms with E-state index in [1.165, 1.54) is 30.1 Å². The maximum absolute atomic E-state index is 7.51. The summed E-state index contributed by atoms with van der Waals surface area (Å²) < 4.78 is 0. The van der Waals surface area contributed by atoms with Crippen molar-refractivity contribution in [1.82, 2.24) is 0 Å². The molecule has 0 aliphatic carbocycles. The first-order valence-electron chi connectivity index (χ1n) is 5.50. The highest BCUT2D eigenvalue weighted by Gasteiger charge is 1.95. The molecule has 1 heteroatoms.